The zero-order valence-corrected chi connectivity index (χ0v) is 34.8. The molecule has 0 radical (unpaired) electrons. The minimum absolute atomic E-state index is 0.0151. The van der Waals surface area contributed by atoms with Gasteiger partial charge in [0.25, 0.3) is 0 Å². The molecule has 6 rings (SSSR count). The third kappa shape index (κ3) is 12.4. The van der Waals surface area contributed by atoms with E-state index in [1.165, 1.54) is 0 Å². The number of allylic oxidation sites excluding steroid dienone is 4. The SMILES string of the molecule is CC(CCC1C(=O)N(c2ccc(CCCNS(C)(=O)=O)cc2)C1c1ccc(C#CCC(C(=O)OCc2ccccc2)C(=O)OCc2ccccc2)cc1)C1=CCC(F)C=C1. The number of alkyl halides is 1. The van der Waals surface area contributed by atoms with Gasteiger partial charge in [0.2, 0.25) is 15.9 Å². The molecule has 1 amide bonds. The molecule has 0 aromatic heterocycles. The van der Waals surface area contributed by atoms with E-state index in [1.54, 1.807) is 6.08 Å². The van der Waals surface area contributed by atoms with Gasteiger partial charge in [-0.15, -0.1) is 0 Å². The molecule has 1 N–H and O–H groups in total. The van der Waals surface area contributed by atoms with Gasteiger partial charge in [-0.2, -0.15) is 0 Å². The van der Waals surface area contributed by atoms with Crippen LogP contribution >= 0.6 is 0 Å². The molecule has 0 saturated carbocycles. The summed E-state index contributed by atoms with van der Waals surface area (Å²) in [7, 11) is -3.25. The van der Waals surface area contributed by atoms with Gasteiger partial charge in [-0.25, -0.2) is 17.5 Å². The fourth-order valence-electron chi connectivity index (χ4n) is 7.39. The molecular weight excluding hydrogens is 780 g/mol. The number of rotatable bonds is 18. The standard InChI is InChI=1S/C49H51FN2O7S/c1-35(40-25-27-42(50)28-26-40)18-31-44-46(52(47(44)53)43-29-21-37(22-30-43)16-10-32-51-60(2,56)57)41-23-19-36(20-24-41)15-9-17-45(48(54)58-33-38-11-5-3-6-12-38)49(55)59-34-39-13-7-4-8-14-39/h3-8,11-14,19-27,29-30,35,42,44-46,51H,10,16-18,28,31-34H2,1-2H3. The van der Waals surface area contributed by atoms with Crippen LogP contribution in [-0.4, -0.2) is 45.2 Å². The van der Waals surface area contributed by atoms with E-state index in [2.05, 4.69) is 23.5 Å². The van der Waals surface area contributed by atoms with E-state index in [0.29, 0.717) is 37.8 Å². The summed E-state index contributed by atoms with van der Waals surface area (Å²) < 4.78 is 50.2. The van der Waals surface area contributed by atoms with Crippen molar-refractivity contribution < 1.29 is 36.7 Å². The van der Waals surface area contributed by atoms with Crippen molar-refractivity contribution in [2.24, 2.45) is 17.8 Å². The second kappa shape index (κ2) is 20.9. The number of carbonyl (C=O) groups is 3. The molecule has 60 heavy (non-hydrogen) atoms. The maximum Gasteiger partial charge on any atom is 0.321 e. The zero-order valence-electron chi connectivity index (χ0n) is 34.0. The van der Waals surface area contributed by atoms with Crippen LogP contribution in [0.3, 0.4) is 0 Å². The normalized spacial score (nSPS) is 17.9. The molecule has 1 fully saturated rings. The highest BCUT2D eigenvalue weighted by atomic mass is 32.2. The first-order valence-electron chi connectivity index (χ1n) is 20.3. The van der Waals surface area contributed by atoms with E-state index >= 15 is 0 Å². The molecule has 4 atom stereocenters. The van der Waals surface area contributed by atoms with Crippen molar-refractivity contribution in [1.82, 2.24) is 4.72 Å². The van der Waals surface area contributed by atoms with Crippen LogP contribution in [0, 0.1) is 29.6 Å². The maximum absolute atomic E-state index is 13.9. The van der Waals surface area contributed by atoms with Gasteiger partial charge in [0, 0.05) is 30.6 Å². The molecular formula is C49H51FN2O7S. The number of amides is 1. The number of β-lactam (4-membered cyclic amide) rings is 1. The second-order valence-electron chi connectivity index (χ2n) is 15.4. The second-order valence-corrected chi connectivity index (χ2v) is 17.2. The number of halogens is 1. The Hall–Kier alpha value is -5.83. The van der Waals surface area contributed by atoms with Gasteiger partial charge in [-0.3, -0.25) is 14.4 Å². The van der Waals surface area contributed by atoms with Crippen molar-refractivity contribution in [2.45, 2.75) is 70.9 Å². The Kier molecular flexibility index (Phi) is 15.3. The lowest BCUT2D eigenvalue weighted by molar-refractivity contribution is -0.163. The average Bonchev–Trinajstić information content (AvgIpc) is 3.25. The van der Waals surface area contributed by atoms with Gasteiger partial charge in [0.05, 0.1) is 18.2 Å². The number of anilines is 1. The van der Waals surface area contributed by atoms with Crippen LogP contribution in [-0.2, 0) is 53.5 Å². The minimum atomic E-state index is -3.25. The molecule has 11 heteroatoms. The molecule has 0 spiro atoms. The highest BCUT2D eigenvalue weighted by molar-refractivity contribution is 7.88. The van der Waals surface area contributed by atoms with Crippen LogP contribution in [0.1, 0.15) is 72.9 Å². The predicted molar refractivity (Wildman–Crippen MR) is 230 cm³/mol. The highest BCUT2D eigenvalue weighted by Crippen LogP contribution is 2.46. The largest absolute Gasteiger partial charge is 0.460 e. The minimum Gasteiger partial charge on any atom is -0.460 e. The van der Waals surface area contributed by atoms with Crippen molar-refractivity contribution in [3.8, 4) is 11.8 Å². The first kappa shape index (κ1) is 43.7. The van der Waals surface area contributed by atoms with Crippen LogP contribution in [0.5, 0.6) is 0 Å². The number of aryl methyl sites for hydroxylation is 1. The lowest BCUT2D eigenvalue weighted by Crippen LogP contribution is -2.55. The van der Waals surface area contributed by atoms with Crippen molar-refractivity contribution in [1.29, 1.82) is 0 Å². The van der Waals surface area contributed by atoms with Crippen LogP contribution in [0.25, 0.3) is 0 Å². The number of benzene rings is 4. The molecule has 4 unspecified atom stereocenters. The first-order valence-corrected chi connectivity index (χ1v) is 22.2. The molecule has 1 aliphatic heterocycles. The zero-order chi connectivity index (χ0) is 42.5. The van der Waals surface area contributed by atoms with Crippen molar-refractivity contribution >= 4 is 33.6 Å². The highest BCUT2D eigenvalue weighted by Gasteiger charge is 2.48. The summed E-state index contributed by atoms with van der Waals surface area (Å²) in [4.78, 5) is 42.1. The smallest absolute Gasteiger partial charge is 0.321 e. The van der Waals surface area contributed by atoms with Gasteiger partial charge in [-0.1, -0.05) is 122 Å². The summed E-state index contributed by atoms with van der Waals surface area (Å²) >= 11 is 0. The summed E-state index contributed by atoms with van der Waals surface area (Å²) in [5.41, 5.74) is 6.09. The topological polar surface area (TPSA) is 119 Å². The fourth-order valence-corrected chi connectivity index (χ4v) is 7.90. The summed E-state index contributed by atoms with van der Waals surface area (Å²) in [6.07, 6.45) is 8.58. The Labute approximate surface area is 352 Å². The molecule has 9 nitrogen and oxygen atoms in total. The molecule has 1 heterocycles. The molecule has 2 aliphatic rings. The van der Waals surface area contributed by atoms with Crippen LogP contribution in [0.2, 0.25) is 0 Å². The van der Waals surface area contributed by atoms with E-state index in [9.17, 15) is 27.2 Å². The number of esters is 2. The number of hydrogen-bond acceptors (Lipinski definition) is 7. The van der Waals surface area contributed by atoms with Gasteiger partial charge < -0.3 is 14.4 Å². The molecule has 4 aromatic rings. The Morgan fingerprint density at radius 3 is 2.05 bits per heavy atom. The third-order valence-electron chi connectivity index (χ3n) is 10.8. The monoisotopic (exact) mass is 830 g/mol. The molecule has 1 aliphatic carbocycles. The van der Waals surface area contributed by atoms with Crippen molar-refractivity contribution in [2.75, 3.05) is 17.7 Å². The van der Waals surface area contributed by atoms with Crippen molar-refractivity contribution in [3.05, 3.63) is 161 Å². The summed E-state index contributed by atoms with van der Waals surface area (Å²) in [5, 5.41) is 0. The van der Waals surface area contributed by atoms with Crippen LogP contribution < -0.4 is 9.62 Å². The Balaban J connectivity index is 1.15. The summed E-state index contributed by atoms with van der Waals surface area (Å²) in [5.74, 6) is 3.36. The van der Waals surface area contributed by atoms with E-state index < -0.39 is 34.1 Å². The van der Waals surface area contributed by atoms with Crippen molar-refractivity contribution in [3.63, 3.8) is 0 Å². The van der Waals surface area contributed by atoms with Crippen LogP contribution in [0.15, 0.2) is 133 Å². The third-order valence-corrected chi connectivity index (χ3v) is 11.5. The number of nitrogens with zero attached hydrogens (tertiary/aromatic N) is 1. The Morgan fingerprint density at radius 2 is 1.48 bits per heavy atom. The number of carbonyl (C=O) groups excluding carboxylic acids is 3. The van der Waals surface area contributed by atoms with Crippen LogP contribution in [0.4, 0.5) is 10.1 Å². The maximum atomic E-state index is 13.9. The Morgan fingerprint density at radius 1 is 0.867 bits per heavy atom. The molecule has 1 saturated heterocycles. The first-order chi connectivity index (χ1) is 28.9. The van der Waals surface area contributed by atoms with Gasteiger partial charge >= 0.3 is 11.9 Å². The van der Waals surface area contributed by atoms with Gasteiger partial charge in [0.1, 0.15) is 19.4 Å². The predicted octanol–water partition coefficient (Wildman–Crippen LogP) is 8.36. The fraction of sp³-hybridized carbons (Fsp3) is 0.327. The number of ether oxygens (including phenoxy) is 2. The Bertz CT molecular complexity index is 2260. The lowest BCUT2D eigenvalue weighted by atomic mass is 9.77. The molecule has 312 valence electrons. The quantitative estimate of drug-likeness (QED) is 0.0352. The summed E-state index contributed by atoms with van der Waals surface area (Å²) in [6.45, 7) is 2.49. The number of nitrogens with one attached hydrogen (secondary N) is 1. The molecule has 4 aromatic carbocycles. The van der Waals surface area contributed by atoms with E-state index in [4.69, 9.17) is 9.47 Å². The lowest BCUT2D eigenvalue weighted by Gasteiger charge is -2.48. The molecule has 0 bridgehead atoms. The number of sulfonamides is 1. The van der Waals surface area contributed by atoms with Gasteiger partial charge in [-0.05, 0) is 83.7 Å². The van der Waals surface area contributed by atoms with E-state index in [-0.39, 0.29) is 43.4 Å². The summed E-state index contributed by atoms with van der Waals surface area (Å²) in [6, 6.07) is 33.7. The van der Waals surface area contributed by atoms with E-state index in [1.807, 2.05) is 126 Å². The van der Waals surface area contributed by atoms with Gasteiger partial charge in [0.15, 0.2) is 5.92 Å². The van der Waals surface area contributed by atoms with E-state index in [0.717, 1.165) is 46.2 Å². The number of hydrogen-bond donors (Lipinski definition) is 1. The average molecular weight is 831 g/mol.